The molecule has 1 saturated heterocycles. The fraction of sp³-hybridized carbons (Fsp3) is 0.444. The highest BCUT2D eigenvalue weighted by Gasteiger charge is 2.42. The van der Waals surface area contributed by atoms with Crippen molar-refractivity contribution in [3.8, 4) is 11.1 Å². The molecule has 2 amide bonds. The number of rotatable bonds is 9. The van der Waals surface area contributed by atoms with Gasteiger partial charge in [-0.3, -0.25) is 9.59 Å². The number of amides is 2. The zero-order valence-electron chi connectivity index (χ0n) is 19.9. The molecule has 0 bridgehead atoms. The largest absolute Gasteiger partial charge is 0.481 e. The van der Waals surface area contributed by atoms with Crippen LogP contribution in [0.15, 0.2) is 48.5 Å². The Bertz CT molecular complexity index is 1030. The van der Waals surface area contributed by atoms with E-state index in [0.717, 1.165) is 22.3 Å². The van der Waals surface area contributed by atoms with Gasteiger partial charge in [-0.15, -0.1) is 0 Å². The molecule has 1 fully saturated rings. The summed E-state index contributed by atoms with van der Waals surface area (Å²) in [5.41, 5.74) is 3.59. The third-order valence-corrected chi connectivity index (χ3v) is 6.97. The van der Waals surface area contributed by atoms with E-state index in [4.69, 9.17) is 14.6 Å². The van der Waals surface area contributed by atoms with Gasteiger partial charge in [0.15, 0.2) is 0 Å². The Balaban J connectivity index is 1.38. The highest BCUT2D eigenvalue weighted by molar-refractivity contribution is 5.85. The van der Waals surface area contributed by atoms with Gasteiger partial charge in [-0.2, -0.15) is 0 Å². The normalized spacial score (nSPS) is 19.8. The van der Waals surface area contributed by atoms with E-state index in [1.807, 2.05) is 31.2 Å². The van der Waals surface area contributed by atoms with Gasteiger partial charge in [0.2, 0.25) is 5.91 Å². The van der Waals surface area contributed by atoms with E-state index in [1.165, 1.54) is 0 Å². The zero-order valence-corrected chi connectivity index (χ0v) is 19.9. The van der Waals surface area contributed by atoms with Gasteiger partial charge >= 0.3 is 12.1 Å². The minimum atomic E-state index is -0.970. The number of ether oxygens (including phenoxy) is 2. The lowest BCUT2D eigenvalue weighted by molar-refractivity contribution is -0.141. The second-order valence-electron chi connectivity index (χ2n) is 9.29. The van der Waals surface area contributed by atoms with Gasteiger partial charge in [0.1, 0.15) is 6.61 Å². The van der Waals surface area contributed by atoms with Crippen LogP contribution >= 0.6 is 0 Å². The maximum atomic E-state index is 13.1. The molecule has 1 heterocycles. The molecule has 186 valence electrons. The molecule has 0 radical (unpaired) electrons. The predicted molar refractivity (Wildman–Crippen MR) is 130 cm³/mol. The van der Waals surface area contributed by atoms with Crippen LogP contribution in [0.5, 0.6) is 0 Å². The minimum absolute atomic E-state index is 0.0512. The van der Waals surface area contributed by atoms with Gasteiger partial charge in [-0.25, -0.2) is 4.79 Å². The van der Waals surface area contributed by atoms with Crippen molar-refractivity contribution in [3.05, 3.63) is 59.7 Å². The van der Waals surface area contributed by atoms with Crippen molar-refractivity contribution in [1.29, 1.82) is 0 Å². The van der Waals surface area contributed by atoms with Gasteiger partial charge in [0.25, 0.3) is 0 Å². The Morgan fingerprint density at radius 2 is 1.77 bits per heavy atom. The van der Waals surface area contributed by atoms with Gasteiger partial charge in [-0.1, -0.05) is 55.5 Å². The number of carboxylic acids is 1. The van der Waals surface area contributed by atoms with Crippen molar-refractivity contribution in [1.82, 2.24) is 10.6 Å². The second-order valence-corrected chi connectivity index (χ2v) is 9.29. The highest BCUT2D eigenvalue weighted by Crippen LogP contribution is 2.44. The summed E-state index contributed by atoms with van der Waals surface area (Å²) < 4.78 is 11.2. The molecular weight excluding hydrogens is 448 g/mol. The van der Waals surface area contributed by atoms with Crippen LogP contribution in [0, 0.1) is 5.41 Å². The summed E-state index contributed by atoms with van der Waals surface area (Å²) >= 11 is 0. The molecule has 1 aliphatic carbocycles. The first-order valence-corrected chi connectivity index (χ1v) is 12.1. The topological polar surface area (TPSA) is 114 Å². The van der Waals surface area contributed by atoms with Crippen LogP contribution in [0.2, 0.25) is 0 Å². The van der Waals surface area contributed by atoms with E-state index in [0.29, 0.717) is 25.9 Å². The standard InChI is InChI=1S/C27H32N2O6/c1-2-18(14-24(30)31)29-25(32)27(12-7-13-34-17-27)16-28-26(33)35-15-23-21-10-5-3-8-19(21)20-9-4-6-11-22(20)23/h3-6,8-11,18,23H,2,7,12-17H2,1H3,(H,28,33)(H,29,32)(H,30,31)/t18-,27?/m0/s1. The molecule has 1 aliphatic heterocycles. The predicted octanol–water partition coefficient (Wildman–Crippen LogP) is 3.69. The van der Waals surface area contributed by atoms with E-state index < -0.39 is 23.5 Å². The van der Waals surface area contributed by atoms with Gasteiger partial charge in [0.05, 0.1) is 18.4 Å². The third-order valence-electron chi connectivity index (χ3n) is 6.97. The maximum Gasteiger partial charge on any atom is 0.407 e. The number of nitrogens with one attached hydrogen (secondary N) is 2. The fourth-order valence-electron chi connectivity index (χ4n) is 4.99. The number of fused-ring (bicyclic) bond motifs is 3. The molecule has 4 rings (SSSR count). The summed E-state index contributed by atoms with van der Waals surface area (Å²) in [6.45, 7) is 2.77. The highest BCUT2D eigenvalue weighted by atomic mass is 16.5. The van der Waals surface area contributed by atoms with Gasteiger partial charge in [-0.05, 0) is 41.5 Å². The molecule has 0 saturated carbocycles. The monoisotopic (exact) mass is 480 g/mol. The third kappa shape index (κ3) is 5.48. The van der Waals surface area contributed by atoms with Crippen molar-refractivity contribution in [2.45, 2.75) is 44.6 Å². The Morgan fingerprint density at radius 3 is 2.34 bits per heavy atom. The molecule has 35 heavy (non-hydrogen) atoms. The number of hydrogen-bond donors (Lipinski definition) is 3. The lowest BCUT2D eigenvalue weighted by Gasteiger charge is -2.36. The maximum absolute atomic E-state index is 13.1. The molecule has 8 nitrogen and oxygen atoms in total. The van der Waals surface area contributed by atoms with E-state index in [9.17, 15) is 14.4 Å². The molecule has 2 aromatic carbocycles. The Kier molecular flexibility index (Phi) is 7.70. The zero-order chi connectivity index (χ0) is 24.8. The quantitative estimate of drug-likeness (QED) is 0.504. The van der Waals surface area contributed by atoms with Crippen molar-refractivity contribution >= 4 is 18.0 Å². The molecule has 0 spiro atoms. The van der Waals surface area contributed by atoms with Crippen molar-refractivity contribution < 1.29 is 29.0 Å². The van der Waals surface area contributed by atoms with E-state index >= 15 is 0 Å². The first-order valence-electron chi connectivity index (χ1n) is 12.1. The van der Waals surface area contributed by atoms with Gasteiger partial charge in [0, 0.05) is 25.1 Å². The molecular formula is C27H32N2O6. The van der Waals surface area contributed by atoms with E-state index in [-0.39, 0.29) is 38.0 Å². The van der Waals surface area contributed by atoms with Crippen LogP contribution in [-0.4, -0.2) is 55.5 Å². The average molecular weight is 481 g/mol. The van der Waals surface area contributed by atoms with Crippen LogP contribution in [0.3, 0.4) is 0 Å². The summed E-state index contributed by atoms with van der Waals surface area (Å²) in [7, 11) is 0. The van der Waals surface area contributed by atoms with Crippen LogP contribution in [0.1, 0.15) is 49.7 Å². The Labute approximate surface area is 205 Å². The van der Waals surface area contributed by atoms with Crippen LogP contribution in [0.4, 0.5) is 4.79 Å². The fourth-order valence-corrected chi connectivity index (χ4v) is 4.99. The molecule has 1 unspecified atom stereocenters. The van der Waals surface area contributed by atoms with Crippen LogP contribution in [0.25, 0.3) is 11.1 Å². The summed E-state index contributed by atoms with van der Waals surface area (Å²) in [5, 5.41) is 14.7. The lowest BCUT2D eigenvalue weighted by Crippen LogP contribution is -2.55. The molecule has 8 heteroatoms. The first-order chi connectivity index (χ1) is 16.9. The smallest absolute Gasteiger partial charge is 0.407 e. The SMILES string of the molecule is CC[C@@H](CC(=O)O)NC(=O)C1(CNC(=O)OCC2c3ccccc3-c3ccccc32)CCCOC1. The van der Waals surface area contributed by atoms with Crippen molar-refractivity contribution in [3.63, 3.8) is 0 Å². The molecule has 2 atom stereocenters. The number of benzene rings is 2. The summed E-state index contributed by atoms with van der Waals surface area (Å²) in [6, 6.07) is 15.8. The van der Waals surface area contributed by atoms with E-state index in [1.54, 1.807) is 0 Å². The summed E-state index contributed by atoms with van der Waals surface area (Å²) in [6.07, 6.45) is 0.956. The lowest BCUT2D eigenvalue weighted by atomic mass is 9.81. The molecule has 2 aliphatic rings. The van der Waals surface area contributed by atoms with E-state index in [2.05, 4.69) is 34.9 Å². The van der Waals surface area contributed by atoms with Crippen LogP contribution in [-0.2, 0) is 19.1 Å². The van der Waals surface area contributed by atoms with Crippen molar-refractivity contribution in [2.75, 3.05) is 26.4 Å². The molecule has 3 N–H and O–H groups in total. The number of alkyl carbamates (subject to hydrolysis) is 1. The number of aliphatic carboxylic acids is 1. The summed E-state index contributed by atoms with van der Waals surface area (Å²) in [4.78, 5) is 36.9. The van der Waals surface area contributed by atoms with Crippen molar-refractivity contribution in [2.24, 2.45) is 5.41 Å². The molecule has 0 aromatic heterocycles. The minimum Gasteiger partial charge on any atom is -0.481 e. The Hall–Kier alpha value is -3.39. The number of carboxylic acid groups (broad SMARTS) is 1. The molecule has 2 aromatic rings. The average Bonchev–Trinajstić information content (AvgIpc) is 3.19. The first kappa shape index (κ1) is 24.7. The second kappa shape index (κ2) is 10.9. The number of carbonyl (C=O) groups is 3. The van der Waals surface area contributed by atoms with Crippen LogP contribution < -0.4 is 10.6 Å². The van der Waals surface area contributed by atoms with Gasteiger partial charge < -0.3 is 25.2 Å². The Morgan fingerprint density at radius 1 is 1.11 bits per heavy atom. The summed E-state index contributed by atoms with van der Waals surface area (Å²) in [5.74, 6) is -1.32. The number of carbonyl (C=O) groups excluding carboxylic acids is 2. The number of hydrogen-bond acceptors (Lipinski definition) is 5.